The zero-order valence-corrected chi connectivity index (χ0v) is 16.3. The van der Waals surface area contributed by atoms with Gasteiger partial charge in [0.25, 0.3) is 5.56 Å². The molecule has 0 bridgehead atoms. The van der Waals surface area contributed by atoms with Gasteiger partial charge in [-0.25, -0.2) is 18.0 Å². The Morgan fingerprint density at radius 3 is 2.57 bits per heavy atom. The van der Waals surface area contributed by atoms with Crippen LogP contribution in [0.4, 0.5) is 23.7 Å². The molecule has 4 rings (SSSR count). The molecule has 0 unspecified atom stereocenters. The van der Waals surface area contributed by atoms with E-state index in [2.05, 4.69) is 10.3 Å². The highest BCUT2D eigenvalue weighted by Gasteiger charge is 2.31. The maximum Gasteiger partial charge on any atom is 0.322 e. The summed E-state index contributed by atoms with van der Waals surface area (Å²) in [5.74, 6) is -2.94. The van der Waals surface area contributed by atoms with Crippen LogP contribution in [0.15, 0.2) is 35.1 Å². The van der Waals surface area contributed by atoms with Gasteiger partial charge < -0.3 is 19.9 Å². The van der Waals surface area contributed by atoms with Gasteiger partial charge in [-0.1, -0.05) is 11.6 Å². The lowest BCUT2D eigenvalue weighted by Crippen LogP contribution is -2.39. The van der Waals surface area contributed by atoms with Crippen LogP contribution < -0.4 is 10.9 Å². The Labute approximate surface area is 173 Å². The van der Waals surface area contributed by atoms with Crippen LogP contribution in [0, 0.1) is 17.5 Å². The topological polar surface area (TPSA) is 74.4 Å². The van der Waals surface area contributed by atoms with E-state index in [1.807, 2.05) is 0 Å². The zero-order chi connectivity index (χ0) is 21.6. The molecule has 6 nitrogen and oxygen atoms in total. The van der Waals surface area contributed by atoms with E-state index in [0.29, 0.717) is 11.3 Å². The average molecular weight is 438 g/mol. The molecular formula is C20H15ClF3N3O3. The van der Waals surface area contributed by atoms with Crippen molar-refractivity contribution in [3.05, 3.63) is 74.4 Å². The van der Waals surface area contributed by atoms with Crippen molar-refractivity contribution in [1.29, 1.82) is 0 Å². The molecule has 1 aliphatic heterocycles. The summed E-state index contributed by atoms with van der Waals surface area (Å²) in [6.07, 6.45) is 0. The third-order valence-electron chi connectivity index (χ3n) is 5.00. The summed E-state index contributed by atoms with van der Waals surface area (Å²) in [6.45, 7) is 0.111. The van der Waals surface area contributed by atoms with E-state index in [-0.39, 0.29) is 34.7 Å². The maximum atomic E-state index is 13.9. The number of likely N-dealkylation sites (N-methyl/N-ethyl adjacent to an activating group) is 1. The van der Waals surface area contributed by atoms with Gasteiger partial charge in [-0.3, -0.25) is 4.79 Å². The quantitative estimate of drug-likeness (QED) is 0.626. The number of pyridine rings is 1. The largest absolute Gasteiger partial charge is 0.373 e. The summed E-state index contributed by atoms with van der Waals surface area (Å²) in [5, 5.41) is 2.62. The Balaban J connectivity index is 1.73. The first-order chi connectivity index (χ1) is 14.3. The predicted octanol–water partition coefficient (Wildman–Crippen LogP) is 4.33. The Kier molecular flexibility index (Phi) is 5.17. The summed E-state index contributed by atoms with van der Waals surface area (Å²) in [4.78, 5) is 28.9. The molecule has 0 saturated heterocycles. The Morgan fingerprint density at radius 1 is 1.17 bits per heavy atom. The molecule has 3 aromatic rings. The number of urea groups is 1. The summed E-state index contributed by atoms with van der Waals surface area (Å²) < 4.78 is 46.8. The van der Waals surface area contributed by atoms with Crippen LogP contribution in [-0.4, -0.2) is 29.6 Å². The summed E-state index contributed by atoms with van der Waals surface area (Å²) in [5.41, 5.74) is 0.419. The van der Waals surface area contributed by atoms with E-state index in [9.17, 15) is 22.8 Å². The second kappa shape index (κ2) is 7.66. The van der Waals surface area contributed by atoms with Crippen LogP contribution >= 0.6 is 11.6 Å². The first kappa shape index (κ1) is 20.2. The molecule has 0 fully saturated rings. The van der Waals surface area contributed by atoms with Gasteiger partial charge in [-0.05, 0) is 35.7 Å². The minimum atomic E-state index is -1.15. The number of carbonyl (C=O) groups excluding carboxylic acids is 1. The van der Waals surface area contributed by atoms with Crippen molar-refractivity contribution >= 4 is 34.1 Å². The number of nitrogens with one attached hydrogen (secondary N) is 2. The van der Waals surface area contributed by atoms with Crippen molar-refractivity contribution in [2.24, 2.45) is 0 Å². The molecule has 10 heteroatoms. The normalized spacial score (nSPS) is 15.7. The fraction of sp³-hybridized carbons (Fsp3) is 0.200. The number of aromatic amines is 1. The Bertz CT molecular complexity index is 1230. The molecule has 0 aliphatic carbocycles. The summed E-state index contributed by atoms with van der Waals surface area (Å²) in [6, 6.07) is 4.28. The van der Waals surface area contributed by atoms with Crippen LogP contribution in [0.1, 0.15) is 17.3 Å². The molecule has 0 radical (unpaired) electrons. The van der Waals surface area contributed by atoms with Gasteiger partial charge in [0.15, 0.2) is 11.6 Å². The van der Waals surface area contributed by atoms with Gasteiger partial charge in [0.1, 0.15) is 5.82 Å². The third-order valence-corrected chi connectivity index (χ3v) is 5.31. The van der Waals surface area contributed by atoms with Gasteiger partial charge in [0.05, 0.1) is 29.7 Å². The van der Waals surface area contributed by atoms with Gasteiger partial charge in [0.2, 0.25) is 0 Å². The molecule has 0 spiro atoms. The van der Waals surface area contributed by atoms with E-state index in [1.165, 1.54) is 24.1 Å². The first-order valence-electron chi connectivity index (χ1n) is 8.86. The molecule has 2 heterocycles. The Morgan fingerprint density at radius 2 is 1.87 bits per heavy atom. The maximum absolute atomic E-state index is 13.9. The van der Waals surface area contributed by atoms with Crippen molar-refractivity contribution in [3.8, 4) is 0 Å². The predicted molar refractivity (Wildman–Crippen MR) is 105 cm³/mol. The SMILES string of the molecule is CN(C(=O)Nc1ccc(Cl)c(F)c1)[C@H]1COCc2[nH]c(=O)c3cc(F)c(F)cc3c21. The highest BCUT2D eigenvalue weighted by molar-refractivity contribution is 6.30. The van der Waals surface area contributed by atoms with Gasteiger partial charge >= 0.3 is 6.03 Å². The number of nitrogens with zero attached hydrogens (tertiary/aromatic N) is 1. The van der Waals surface area contributed by atoms with Gasteiger partial charge in [-0.2, -0.15) is 0 Å². The number of hydrogen-bond acceptors (Lipinski definition) is 3. The first-order valence-corrected chi connectivity index (χ1v) is 9.24. The molecule has 156 valence electrons. The van der Waals surface area contributed by atoms with Crippen molar-refractivity contribution in [2.75, 3.05) is 19.0 Å². The molecule has 2 aromatic carbocycles. The van der Waals surface area contributed by atoms with Crippen molar-refractivity contribution in [2.45, 2.75) is 12.6 Å². The number of ether oxygens (including phenoxy) is 1. The fourth-order valence-corrected chi connectivity index (χ4v) is 3.59. The molecule has 1 aromatic heterocycles. The number of benzene rings is 2. The average Bonchev–Trinajstić information content (AvgIpc) is 2.71. The number of rotatable bonds is 2. The number of amides is 2. The smallest absolute Gasteiger partial charge is 0.322 e. The number of fused-ring (bicyclic) bond motifs is 3. The monoisotopic (exact) mass is 437 g/mol. The van der Waals surface area contributed by atoms with E-state index < -0.39 is 35.1 Å². The van der Waals surface area contributed by atoms with Gasteiger partial charge in [-0.15, -0.1) is 0 Å². The lowest BCUT2D eigenvalue weighted by atomic mass is 9.95. The molecule has 2 amide bonds. The van der Waals surface area contributed by atoms with Gasteiger partial charge in [0, 0.05) is 24.0 Å². The van der Waals surface area contributed by atoms with E-state index in [4.69, 9.17) is 16.3 Å². The van der Waals surface area contributed by atoms with E-state index in [0.717, 1.165) is 18.2 Å². The number of H-pyrrole nitrogens is 1. The van der Waals surface area contributed by atoms with Crippen LogP contribution in [0.2, 0.25) is 5.02 Å². The lowest BCUT2D eigenvalue weighted by Gasteiger charge is -2.33. The lowest BCUT2D eigenvalue weighted by molar-refractivity contribution is 0.0527. The van der Waals surface area contributed by atoms with Crippen molar-refractivity contribution < 1.29 is 22.7 Å². The van der Waals surface area contributed by atoms with E-state index in [1.54, 1.807) is 0 Å². The second-order valence-electron chi connectivity index (χ2n) is 6.86. The summed E-state index contributed by atoms with van der Waals surface area (Å²) in [7, 11) is 1.47. The highest BCUT2D eigenvalue weighted by atomic mass is 35.5. The van der Waals surface area contributed by atoms with Crippen molar-refractivity contribution in [3.63, 3.8) is 0 Å². The zero-order valence-electron chi connectivity index (χ0n) is 15.6. The Hall–Kier alpha value is -3.04. The van der Waals surface area contributed by atoms with Crippen LogP contribution in [0.5, 0.6) is 0 Å². The standard InChI is InChI=1S/C20H15ClF3N3O3/c1-27(20(29)25-9-2-3-12(21)13(22)4-9)17-8-30-7-16-18(17)10-5-14(23)15(24)6-11(10)19(28)26-16/h2-6,17H,7-8H2,1H3,(H,25,29)(H,26,28)/t17-/m0/s1. The molecule has 1 aliphatic rings. The molecule has 0 saturated carbocycles. The third kappa shape index (κ3) is 3.50. The van der Waals surface area contributed by atoms with Crippen LogP contribution in [0.25, 0.3) is 10.8 Å². The number of anilines is 1. The number of halogens is 4. The molecule has 2 N–H and O–H groups in total. The van der Waals surface area contributed by atoms with Crippen LogP contribution in [0.3, 0.4) is 0 Å². The minimum Gasteiger partial charge on any atom is -0.373 e. The molecule has 1 atom stereocenters. The number of carbonyl (C=O) groups is 1. The highest BCUT2D eigenvalue weighted by Crippen LogP contribution is 2.34. The second-order valence-corrected chi connectivity index (χ2v) is 7.27. The number of hydrogen-bond donors (Lipinski definition) is 2. The van der Waals surface area contributed by atoms with E-state index >= 15 is 0 Å². The van der Waals surface area contributed by atoms with Crippen molar-refractivity contribution in [1.82, 2.24) is 9.88 Å². The summed E-state index contributed by atoms with van der Waals surface area (Å²) >= 11 is 5.65. The number of aromatic nitrogens is 1. The van der Waals surface area contributed by atoms with Crippen LogP contribution in [-0.2, 0) is 11.3 Å². The molecule has 30 heavy (non-hydrogen) atoms. The molecular weight excluding hydrogens is 423 g/mol. The fourth-order valence-electron chi connectivity index (χ4n) is 3.47. The minimum absolute atomic E-state index is 0.0341.